The van der Waals surface area contributed by atoms with Crippen molar-refractivity contribution in [3.05, 3.63) is 136 Å². The smallest absolute Gasteiger partial charge is 0.127 e. The van der Waals surface area contributed by atoms with Gasteiger partial charge in [0, 0.05) is 118 Å². The van der Waals surface area contributed by atoms with Gasteiger partial charge in [-0.3, -0.25) is 0 Å². The van der Waals surface area contributed by atoms with Gasteiger partial charge in [0.2, 0.25) is 0 Å². The van der Waals surface area contributed by atoms with E-state index in [9.17, 15) is 0 Å². The molecule has 0 nitrogen and oxygen atoms in total. The molecule has 0 saturated heterocycles. The molecule has 2 heteroatoms. The van der Waals surface area contributed by atoms with Crippen LogP contribution >= 0.6 is 15.9 Å². The molecule has 101 heavy (non-hydrogen) atoms. The molecule has 0 N–H and O–H groups in total. The maximum Gasteiger partial charge on any atom is 0.129 e. The highest BCUT2D eigenvalue weighted by atomic mass is 79.9. The highest BCUT2D eigenvalue weighted by Crippen LogP contribution is 2.27. The van der Waals surface area contributed by atoms with Crippen molar-refractivity contribution in [2.45, 2.75) is 332 Å². The van der Waals surface area contributed by atoms with E-state index < -0.39 is 8.07 Å². The molecule has 0 aromatic heterocycles. The van der Waals surface area contributed by atoms with Crippen molar-refractivity contribution in [2.75, 3.05) is 0 Å². The second kappa shape index (κ2) is 55.0. The normalized spacial score (nSPS) is 10.0. The fourth-order valence-electron chi connectivity index (χ4n) is 11.0. The molecule has 0 atom stereocenters. The molecule has 0 amide bonds. The van der Waals surface area contributed by atoms with Gasteiger partial charge in [0.1, 0.15) is 8.07 Å². The molecule has 0 unspecified atom stereocenters. The molecule has 0 bridgehead atoms. The Morgan fingerprint density at radius 1 is 0.218 bits per heavy atom. The Hall–Kier alpha value is -7.70. The van der Waals surface area contributed by atoms with Crippen LogP contribution in [0.1, 0.15) is 396 Å². The van der Waals surface area contributed by atoms with E-state index >= 15 is 0 Å². The van der Waals surface area contributed by atoms with Crippen LogP contribution < -0.4 is 0 Å². The van der Waals surface area contributed by atoms with Crippen LogP contribution in [-0.2, 0) is 0 Å². The summed E-state index contributed by atoms with van der Waals surface area (Å²) in [4.78, 5) is 0. The summed E-state index contributed by atoms with van der Waals surface area (Å²) in [5.74, 6) is 83.4. The van der Waals surface area contributed by atoms with Crippen LogP contribution in [0.2, 0.25) is 19.6 Å². The van der Waals surface area contributed by atoms with E-state index in [2.05, 4.69) is 281 Å². The number of halogens is 1. The first kappa shape index (κ1) is 85.7. The Kier molecular flexibility index (Phi) is 46.6. The standard InChI is InChI=1S/C99H121BrSi/c1-12-20-28-36-44-52-60-84-68-69-85(61-53-45-37-29-21-13-2)97(76-73-93-83-95(78-79-101(9,10)11)91(67-59-51-43-35-27-19-8)81-90(93)66-58-50-42-34-26-18-7)96(84)75-72-92-82-94(89(65-57-49-41-33-25-17-6)80-88(92)64-56-48-40-32-24-16-5)74-77-98-86(62-54-46-38-30-22-14-3)70-71-87(99(98)100)63-55-47-39-31-23-15-4/h68-71,80-83H,12-51H2,1-11H3. The average Bonchev–Trinajstić information content (AvgIpc) is 0.811. The molecule has 0 radical (unpaired) electrons. The topological polar surface area (TPSA) is 0 Å². The van der Waals surface area contributed by atoms with E-state index in [1.165, 1.54) is 128 Å². The minimum absolute atomic E-state index is 0.747. The number of rotatable bonds is 32. The van der Waals surface area contributed by atoms with Crippen molar-refractivity contribution in [2.24, 2.45) is 0 Å². The van der Waals surface area contributed by atoms with Gasteiger partial charge in [-0.1, -0.05) is 365 Å². The zero-order chi connectivity index (χ0) is 72.6. The van der Waals surface area contributed by atoms with Gasteiger partial charge in [0.15, 0.2) is 0 Å². The molecule has 4 rings (SSSR count). The van der Waals surface area contributed by atoms with Crippen molar-refractivity contribution in [1.29, 1.82) is 0 Å². The summed E-state index contributed by atoms with van der Waals surface area (Å²) < 4.78 is 0.865. The lowest BCUT2D eigenvalue weighted by molar-refractivity contribution is 0.679. The summed E-state index contributed by atoms with van der Waals surface area (Å²) in [6.45, 7) is 24.9. The summed E-state index contributed by atoms with van der Waals surface area (Å²) in [5, 5.41) is 0. The van der Waals surface area contributed by atoms with Crippen LogP contribution in [0.4, 0.5) is 0 Å². The summed E-state index contributed by atoms with van der Waals surface area (Å²) in [7, 11) is -1.79. The van der Waals surface area contributed by atoms with E-state index in [0.717, 1.165) is 216 Å². The van der Waals surface area contributed by atoms with Gasteiger partial charge >= 0.3 is 0 Å². The van der Waals surface area contributed by atoms with Crippen LogP contribution in [0, 0.1) is 142 Å². The summed E-state index contributed by atoms with van der Waals surface area (Å²) >= 11 is 4.04. The Balaban J connectivity index is 2.27. The van der Waals surface area contributed by atoms with Gasteiger partial charge in [-0.25, -0.2) is 0 Å². The van der Waals surface area contributed by atoms with Crippen molar-refractivity contribution in [3.63, 3.8) is 0 Å². The van der Waals surface area contributed by atoms with Crippen molar-refractivity contribution in [3.8, 4) is 142 Å². The van der Waals surface area contributed by atoms with E-state index in [-0.39, 0.29) is 0 Å². The van der Waals surface area contributed by atoms with Crippen LogP contribution in [0.3, 0.4) is 0 Å². The van der Waals surface area contributed by atoms with Crippen molar-refractivity contribution >= 4 is 24.0 Å². The van der Waals surface area contributed by atoms with Crippen LogP contribution in [0.25, 0.3) is 0 Å². The third kappa shape index (κ3) is 36.6. The van der Waals surface area contributed by atoms with Gasteiger partial charge in [-0.05, 0) is 116 Å². The van der Waals surface area contributed by atoms with Gasteiger partial charge in [-0.15, -0.1) is 5.54 Å². The lowest BCUT2D eigenvalue weighted by atomic mass is 9.93. The molecule has 0 heterocycles. The predicted octanol–water partition coefficient (Wildman–Crippen LogP) is 26.5. The van der Waals surface area contributed by atoms with E-state index in [4.69, 9.17) is 0 Å². The molecular formula is C99H121BrSi. The molecule has 4 aromatic rings. The Bertz CT molecular complexity index is 4020. The second-order valence-electron chi connectivity index (χ2n) is 27.8. The minimum Gasteiger partial charge on any atom is -0.127 e. The lowest BCUT2D eigenvalue weighted by Gasteiger charge is -2.08. The second-order valence-corrected chi connectivity index (χ2v) is 33.3. The predicted molar refractivity (Wildman–Crippen MR) is 447 cm³/mol. The van der Waals surface area contributed by atoms with Gasteiger partial charge in [0.05, 0.1) is 21.2 Å². The zero-order valence-electron chi connectivity index (χ0n) is 64.8. The Morgan fingerprint density at radius 3 is 0.663 bits per heavy atom. The minimum atomic E-state index is -1.79. The van der Waals surface area contributed by atoms with Gasteiger partial charge in [-0.2, -0.15) is 0 Å². The van der Waals surface area contributed by atoms with E-state index in [1.54, 1.807) is 0 Å². The summed E-state index contributed by atoms with van der Waals surface area (Å²) in [6, 6.07) is 17.0. The van der Waals surface area contributed by atoms with Crippen molar-refractivity contribution in [1.82, 2.24) is 0 Å². The lowest BCUT2D eigenvalue weighted by Crippen LogP contribution is -2.16. The molecule has 0 aliphatic heterocycles. The molecule has 0 saturated carbocycles. The number of unbranched alkanes of at least 4 members (excludes halogenated alkanes) is 32. The Morgan fingerprint density at radius 2 is 0.416 bits per heavy atom. The molecule has 0 aliphatic carbocycles. The molecule has 0 spiro atoms. The SMILES string of the molecule is CCCCCCC#Cc1cc(C#CCCCCCC)c(C#Cc2c(C#CCCCCCC)ccc(C#CCCCCCC)c2C#Cc2cc(C#C[Si](C)(C)C)c(C#CCCCCCC)cc2C#CCCCCCC)cc1C#Cc1c(C#CCCCCCC)ccc(C#CCCCCCC)c1Br. The van der Waals surface area contributed by atoms with Crippen LogP contribution in [-0.4, -0.2) is 8.07 Å². The number of hydrogen-bond acceptors (Lipinski definition) is 0. The van der Waals surface area contributed by atoms with Gasteiger partial charge < -0.3 is 0 Å². The molecule has 4 aromatic carbocycles. The third-order valence-corrected chi connectivity index (χ3v) is 18.9. The van der Waals surface area contributed by atoms with Crippen molar-refractivity contribution < 1.29 is 0 Å². The van der Waals surface area contributed by atoms with E-state index in [1.807, 2.05) is 0 Å². The maximum atomic E-state index is 4.04. The highest BCUT2D eigenvalue weighted by Gasteiger charge is 2.15. The van der Waals surface area contributed by atoms with Gasteiger partial charge in [0.25, 0.3) is 0 Å². The van der Waals surface area contributed by atoms with E-state index in [0.29, 0.717) is 0 Å². The molecule has 0 fully saturated rings. The first-order chi connectivity index (χ1) is 49.4. The zero-order valence-corrected chi connectivity index (χ0v) is 67.4. The highest BCUT2D eigenvalue weighted by molar-refractivity contribution is 9.10. The quantitative estimate of drug-likeness (QED) is 0.0260. The molecule has 0 aliphatic rings. The first-order valence-corrected chi connectivity index (χ1v) is 44.1. The third-order valence-electron chi connectivity index (χ3n) is 17.2. The Labute approximate surface area is 629 Å². The van der Waals surface area contributed by atoms with Crippen LogP contribution in [0.15, 0.2) is 53.0 Å². The molecular weight excluding hydrogens is 1300 g/mol. The largest absolute Gasteiger partial charge is 0.129 e. The van der Waals surface area contributed by atoms with Crippen LogP contribution in [0.5, 0.6) is 0 Å². The molecule has 528 valence electrons. The maximum absolute atomic E-state index is 4.04. The fourth-order valence-corrected chi connectivity index (χ4v) is 12.1. The number of hydrogen-bond donors (Lipinski definition) is 0. The number of benzene rings is 4. The average molecular weight is 1420 g/mol. The first-order valence-electron chi connectivity index (χ1n) is 39.8. The summed E-state index contributed by atoms with van der Waals surface area (Å²) in [6.07, 6.45) is 43.5. The monoisotopic (exact) mass is 1420 g/mol. The summed E-state index contributed by atoms with van der Waals surface area (Å²) in [5.41, 5.74) is 16.2. The fraction of sp³-hybridized carbons (Fsp3) is 0.515.